The Morgan fingerprint density at radius 2 is 1.55 bits per heavy atom. The van der Waals surface area contributed by atoms with Crippen molar-refractivity contribution in [1.29, 1.82) is 0 Å². The van der Waals surface area contributed by atoms with E-state index < -0.39 is 42.0 Å². The van der Waals surface area contributed by atoms with Gasteiger partial charge in [0, 0.05) is 25.8 Å². The second kappa shape index (κ2) is 14.7. The number of halogens is 2. The lowest BCUT2D eigenvalue weighted by atomic mass is 9.95. The van der Waals surface area contributed by atoms with Crippen molar-refractivity contribution >= 4 is 42.6 Å². The fraction of sp³-hybridized carbons (Fsp3) is 0.400. The maximum absolute atomic E-state index is 13.2. The average molecular weight is 573 g/mol. The standard InChI is InChI=1S/C25H32N4O7.2ClH/c1-2-36-25(35)20-10-16-8-14(4-6-22(16)32)13-3-5-21(31)15(7-13)9-18(27)23(33)28-19(24(34)29-20)11-17(30)12-26;;/h3-8,17-20,30-32H,2,9-12,26-27H2,1H3,(H,28,33)(H,29,34);2*1H/t17-,18+,19+,20+;;/m1../s1. The first kappa shape index (κ1) is 32.9. The molecule has 4 bridgehead atoms. The number of fused-ring (bicyclic) bond motifs is 5. The van der Waals surface area contributed by atoms with E-state index >= 15 is 0 Å². The van der Waals surface area contributed by atoms with Gasteiger partial charge in [-0.15, -0.1) is 24.8 Å². The van der Waals surface area contributed by atoms with Crippen molar-refractivity contribution in [2.75, 3.05) is 13.2 Å². The van der Waals surface area contributed by atoms with Crippen LogP contribution in [0.2, 0.25) is 0 Å². The number of amides is 2. The van der Waals surface area contributed by atoms with Crippen LogP contribution < -0.4 is 22.1 Å². The predicted octanol–water partition coefficient (Wildman–Crippen LogP) is 0.277. The van der Waals surface area contributed by atoms with Crippen molar-refractivity contribution < 1.29 is 34.4 Å². The number of nitrogens with one attached hydrogen (secondary N) is 2. The molecule has 210 valence electrons. The molecule has 0 fully saturated rings. The van der Waals surface area contributed by atoms with Gasteiger partial charge < -0.3 is 42.2 Å². The molecule has 1 heterocycles. The topological polar surface area (TPSA) is 197 Å². The Hall–Kier alpha value is -3.09. The minimum atomic E-state index is -1.26. The van der Waals surface area contributed by atoms with Crippen LogP contribution in [0.5, 0.6) is 11.5 Å². The third kappa shape index (κ3) is 8.20. The number of phenolic OH excluding ortho intramolecular Hbond substituents is 2. The molecular formula is C25H34Cl2N4O7. The minimum absolute atomic E-state index is 0. The third-order valence-electron chi connectivity index (χ3n) is 5.99. The number of esters is 1. The highest BCUT2D eigenvalue weighted by molar-refractivity contribution is 5.92. The fourth-order valence-corrected chi connectivity index (χ4v) is 3.99. The number of hydrogen-bond donors (Lipinski definition) is 7. The number of aliphatic hydroxyl groups is 1. The molecule has 0 unspecified atom stereocenters. The summed E-state index contributed by atoms with van der Waals surface area (Å²) in [5.41, 5.74) is 13.7. The van der Waals surface area contributed by atoms with Gasteiger partial charge in [0.15, 0.2) is 0 Å². The van der Waals surface area contributed by atoms with Crippen molar-refractivity contribution in [1.82, 2.24) is 10.6 Å². The van der Waals surface area contributed by atoms with Crippen LogP contribution in [0.4, 0.5) is 0 Å². The number of hydrogen-bond acceptors (Lipinski definition) is 9. The number of nitrogens with two attached hydrogens (primary N) is 2. The Bertz CT molecular complexity index is 1130. The van der Waals surface area contributed by atoms with Gasteiger partial charge in [-0.3, -0.25) is 9.59 Å². The summed E-state index contributed by atoms with van der Waals surface area (Å²) in [6.45, 7) is 1.53. The van der Waals surface area contributed by atoms with Gasteiger partial charge in [-0.25, -0.2) is 4.79 Å². The minimum Gasteiger partial charge on any atom is -0.508 e. The van der Waals surface area contributed by atoms with E-state index in [1.165, 1.54) is 12.1 Å². The first-order valence-electron chi connectivity index (χ1n) is 11.7. The number of aromatic hydroxyl groups is 2. The van der Waals surface area contributed by atoms with E-state index in [-0.39, 0.29) is 68.7 Å². The molecule has 0 aliphatic carbocycles. The van der Waals surface area contributed by atoms with Crippen molar-refractivity contribution in [3.05, 3.63) is 47.5 Å². The van der Waals surface area contributed by atoms with E-state index in [9.17, 15) is 29.7 Å². The maximum atomic E-state index is 13.2. The monoisotopic (exact) mass is 572 g/mol. The lowest BCUT2D eigenvalue weighted by Gasteiger charge is -2.25. The van der Waals surface area contributed by atoms with Crippen LogP contribution in [0.3, 0.4) is 0 Å². The summed E-state index contributed by atoms with van der Waals surface area (Å²) < 4.78 is 5.11. The summed E-state index contributed by atoms with van der Waals surface area (Å²) in [4.78, 5) is 38.7. The number of carbonyl (C=O) groups excluding carboxylic acids is 3. The molecular weight excluding hydrogens is 539 g/mol. The van der Waals surface area contributed by atoms with Gasteiger partial charge in [-0.2, -0.15) is 0 Å². The van der Waals surface area contributed by atoms with Crippen LogP contribution >= 0.6 is 24.8 Å². The summed E-state index contributed by atoms with van der Waals surface area (Å²) in [5, 5.41) is 36.0. The molecule has 0 saturated heterocycles. The SMILES string of the molecule is CCOC(=O)[C@@H]1Cc2cc(ccc2O)-c2ccc(O)c(c2)C[C@H](N)C(=O)N[C@@H](C[C@@H](O)CN)C(=O)N1.Cl.Cl. The fourth-order valence-electron chi connectivity index (χ4n) is 3.99. The number of ether oxygens (including phenoxy) is 1. The van der Waals surface area contributed by atoms with Crippen LogP contribution in [0.1, 0.15) is 24.5 Å². The van der Waals surface area contributed by atoms with Crippen molar-refractivity contribution in [2.24, 2.45) is 11.5 Å². The van der Waals surface area contributed by atoms with Crippen LogP contribution in [-0.2, 0) is 32.0 Å². The Morgan fingerprint density at radius 1 is 1.00 bits per heavy atom. The van der Waals surface area contributed by atoms with E-state index in [0.717, 1.165) is 0 Å². The number of phenols is 2. The lowest BCUT2D eigenvalue weighted by molar-refractivity contribution is -0.147. The van der Waals surface area contributed by atoms with Crippen LogP contribution in [-0.4, -0.2) is 70.5 Å². The summed E-state index contributed by atoms with van der Waals surface area (Å²) in [7, 11) is 0. The maximum Gasteiger partial charge on any atom is 0.328 e. The van der Waals surface area contributed by atoms with Gasteiger partial charge in [0.2, 0.25) is 11.8 Å². The zero-order valence-electron chi connectivity index (χ0n) is 20.8. The molecule has 0 saturated carbocycles. The van der Waals surface area contributed by atoms with Crippen molar-refractivity contribution in [3.63, 3.8) is 0 Å². The number of carbonyl (C=O) groups is 3. The van der Waals surface area contributed by atoms with E-state index in [1.807, 2.05) is 0 Å². The van der Waals surface area contributed by atoms with Gasteiger partial charge in [0.05, 0.1) is 18.8 Å². The molecule has 38 heavy (non-hydrogen) atoms. The molecule has 1 aliphatic heterocycles. The largest absolute Gasteiger partial charge is 0.508 e. The highest BCUT2D eigenvalue weighted by Gasteiger charge is 2.31. The average Bonchev–Trinajstić information content (AvgIpc) is 2.85. The van der Waals surface area contributed by atoms with E-state index in [4.69, 9.17) is 16.2 Å². The van der Waals surface area contributed by atoms with Gasteiger partial charge in [0.25, 0.3) is 0 Å². The number of benzene rings is 2. The Balaban J connectivity index is 0.00000361. The summed E-state index contributed by atoms with van der Waals surface area (Å²) in [6, 6.07) is 6.06. The number of rotatable bonds is 5. The number of aliphatic hydroxyl groups excluding tert-OH is 1. The lowest BCUT2D eigenvalue weighted by Crippen LogP contribution is -2.56. The van der Waals surface area contributed by atoms with Crippen molar-refractivity contribution in [3.8, 4) is 22.6 Å². The Morgan fingerprint density at radius 3 is 2.08 bits per heavy atom. The molecule has 1 aliphatic rings. The smallest absolute Gasteiger partial charge is 0.328 e. The molecule has 0 radical (unpaired) electrons. The quantitative estimate of drug-likeness (QED) is 0.246. The van der Waals surface area contributed by atoms with E-state index in [2.05, 4.69) is 10.6 Å². The Kier molecular flexibility index (Phi) is 12.8. The van der Waals surface area contributed by atoms with Crippen molar-refractivity contribution in [2.45, 2.75) is 50.4 Å². The highest BCUT2D eigenvalue weighted by atomic mass is 35.5. The van der Waals surface area contributed by atoms with Gasteiger partial charge in [0.1, 0.15) is 23.6 Å². The van der Waals surface area contributed by atoms with Crippen LogP contribution in [0.25, 0.3) is 11.1 Å². The van der Waals surface area contributed by atoms with E-state index in [0.29, 0.717) is 22.3 Å². The first-order chi connectivity index (χ1) is 17.1. The van der Waals surface area contributed by atoms with Crippen LogP contribution in [0.15, 0.2) is 36.4 Å². The normalized spacial score (nSPS) is 20.3. The zero-order chi connectivity index (χ0) is 26.4. The zero-order valence-corrected chi connectivity index (χ0v) is 22.4. The predicted molar refractivity (Wildman–Crippen MR) is 145 cm³/mol. The second-order valence-electron chi connectivity index (χ2n) is 8.70. The van der Waals surface area contributed by atoms with Gasteiger partial charge >= 0.3 is 5.97 Å². The first-order valence-corrected chi connectivity index (χ1v) is 11.7. The molecule has 9 N–H and O–H groups in total. The molecule has 2 aromatic rings. The molecule has 2 amide bonds. The molecule has 2 aromatic carbocycles. The van der Waals surface area contributed by atoms with Gasteiger partial charge in [-0.1, -0.05) is 12.1 Å². The summed E-state index contributed by atoms with van der Waals surface area (Å²) in [6.07, 6.45) is -1.47. The highest BCUT2D eigenvalue weighted by Crippen LogP contribution is 2.31. The summed E-state index contributed by atoms with van der Waals surface area (Å²) >= 11 is 0. The molecule has 0 spiro atoms. The van der Waals surface area contributed by atoms with Gasteiger partial charge in [-0.05, 0) is 53.4 Å². The molecule has 3 rings (SSSR count). The molecule has 0 aromatic heterocycles. The van der Waals surface area contributed by atoms with Crippen LogP contribution in [0, 0.1) is 0 Å². The summed E-state index contributed by atoms with van der Waals surface area (Å²) in [5.74, 6) is -2.32. The molecule has 11 nitrogen and oxygen atoms in total. The molecule has 4 atom stereocenters. The Labute approximate surface area is 232 Å². The molecule has 13 heteroatoms. The second-order valence-corrected chi connectivity index (χ2v) is 8.70. The third-order valence-corrected chi connectivity index (χ3v) is 5.99. The van der Waals surface area contributed by atoms with E-state index in [1.54, 1.807) is 31.2 Å².